The van der Waals surface area contributed by atoms with E-state index in [1.54, 1.807) is 30.3 Å². The van der Waals surface area contributed by atoms with Gasteiger partial charge in [0, 0.05) is 6.54 Å². The molecule has 0 spiro atoms. The first-order valence-corrected chi connectivity index (χ1v) is 7.10. The first-order valence-electron chi connectivity index (χ1n) is 7.10. The molecule has 0 aromatic heterocycles. The van der Waals surface area contributed by atoms with Crippen LogP contribution in [0.25, 0.3) is 0 Å². The zero-order valence-corrected chi connectivity index (χ0v) is 12.6. The molecular weight excluding hydrogens is 326 g/mol. The molecule has 7 heteroatoms. The lowest BCUT2D eigenvalue weighted by atomic mass is 10.1. The Morgan fingerprint density at radius 1 is 1.00 bits per heavy atom. The standard InChI is InChI=1S/C17H15F4NO2/c18-15-4-2-1-3-14(15)16(23)22-9-12-5-7-13(8-6-12)10-24-11-17(19,20)21/h1-8H,9-11H2,(H,22,23). The lowest BCUT2D eigenvalue weighted by Gasteiger charge is -2.09. The number of carbonyl (C=O) groups excluding carboxylic acids is 1. The molecule has 0 unspecified atom stereocenters. The van der Waals surface area contributed by atoms with Gasteiger partial charge in [0.2, 0.25) is 0 Å². The summed E-state index contributed by atoms with van der Waals surface area (Å²) in [6.45, 7) is -1.27. The smallest absolute Gasteiger partial charge is 0.367 e. The first kappa shape index (κ1) is 17.9. The normalized spacial score (nSPS) is 11.3. The van der Waals surface area contributed by atoms with Crippen LogP contribution in [-0.2, 0) is 17.9 Å². The van der Waals surface area contributed by atoms with Gasteiger partial charge in [-0.25, -0.2) is 4.39 Å². The van der Waals surface area contributed by atoms with Crippen molar-refractivity contribution in [1.82, 2.24) is 5.32 Å². The molecule has 24 heavy (non-hydrogen) atoms. The van der Waals surface area contributed by atoms with Crippen molar-refractivity contribution in [3.05, 3.63) is 71.0 Å². The molecule has 0 bridgehead atoms. The van der Waals surface area contributed by atoms with Crippen LogP contribution < -0.4 is 5.32 Å². The Bertz CT molecular complexity index is 684. The van der Waals surface area contributed by atoms with Gasteiger partial charge in [-0.1, -0.05) is 36.4 Å². The van der Waals surface area contributed by atoms with Crippen LogP contribution in [0.2, 0.25) is 0 Å². The summed E-state index contributed by atoms with van der Waals surface area (Å²) in [7, 11) is 0. The molecule has 0 saturated carbocycles. The van der Waals surface area contributed by atoms with E-state index >= 15 is 0 Å². The number of nitrogens with one attached hydrogen (secondary N) is 1. The highest BCUT2D eigenvalue weighted by Gasteiger charge is 2.27. The van der Waals surface area contributed by atoms with Crippen LogP contribution in [0.5, 0.6) is 0 Å². The van der Waals surface area contributed by atoms with Crippen molar-refractivity contribution in [3.8, 4) is 0 Å². The van der Waals surface area contributed by atoms with Crippen molar-refractivity contribution in [3.63, 3.8) is 0 Å². The number of hydrogen-bond acceptors (Lipinski definition) is 2. The molecule has 2 aromatic carbocycles. The maximum absolute atomic E-state index is 13.5. The van der Waals surface area contributed by atoms with Crippen LogP contribution in [0.1, 0.15) is 21.5 Å². The fraction of sp³-hybridized carbons (Fsp3) is 0.235. The van der Waals surface area contributed by atoms with Gasteiger partial charge in [0.15, 0.2) is 0 Å². The summed E-state index contributed by atoms with van der Waals surface area (Å²) in [5, 5.41) is 2.58. The third kappa shape index (κ3) is 5.66. The van der Waals surface area contributed by atoms with Crippen molar-refractivity contribution in [2.24, 2.45) is 0 Å². The van der Waals surface area contributed by atoms with Crippen LogP contribution in [-0.4, -0.2) is 18.7 Å². The number of halogens is 4. The zero-order valence-electron chi connectivity index (χ0n) is 12.6. The summed E-state index contributed by atoms with van der Waals surface area (Å²) >= 11 is 0. The van der Waals surface area contributed by atoms with Crippen LogP contribution in [0, 0.1) is 5.82 Å². The predicted octanol–water partition coefficient (Wildman–Crippen LogP) is 3.83. The van der Waals surface area contributed by atoms with E-state index in [4.69, 9.17) is 0 Å². The minimum Gasteiger partial charge on any atom is -0.367 e. The van der Waals surface area contributed by atoms with Crippen molar-refractivity contribution >= 4 is 5.91 Å². The summed E-state index contributed by atoms with van der Waals surface area (Å²) in [6, 6.07) is 12.2. The number of benzene rings is 2. The van der Waals surface area contributed by atoms with Crippen molar-refractivity contribution in [1.29, 1.82) is 0 Å². The lowest BCUT2D eigenvalue weighted by Crippen LogP contribution is -2.23. The molecule has 0 heterocycles. The lowest BCUT2D eigenvalue weighted by molar-refractivity contribution is -0.176. The Kier molecular flexibility index (Phi) is 5.92. The highest BCUT2D eigenvalue weighted by Crippen LogP contribution is 2.16. The molecule has 3 nitrogen and oxygen atoms in total. The van der Waals surface area contributed by atoms with Gasteiger partial charge in [-0.05, 0) is 23.3 Å². The van der Waals surface area contributed by atoms with E-state index in [-0.39, 0.29) is 18.7 Å². The van der Waals surface area contributed by atoms with E-state index in [9.17, 15) is 22.4 Å². The van der Waals surface area contributed by atoms with E-state index in [1.807, 2.05) is 0 Å². The molecule has 0 aliphatic carbocycles. The monoisotopic (exact) mass is 341 g/mol. The zero-order chi connectivity index (χ0) is 17.6. The van der Waals surface area contributed by atoms with Crippen molar-refractivity contribution in [2.75, 3.05) is 6.61 Å². The average Bonchev–Trinajstić information content (AvgIpc) is 2.53. The molecule has 0 saturated heterocycles. The summed E-state index contributed by atoms with van der Waals surface area (Å²) < 4.78 is 53.9. The summed E-state index contributed by atoms with van der Waals surface area (Å²) in [5.41, 5.74) is 1.28. The van der Waals surface area contributed by atoms with E-state index in [0.29, 0.717) is 5.56 Å². The van der Waals surface area contributed by atoms with Gasteiger partial charge in [0.1, 0.15) is 12.4 Å². The molecule has 0 aliphatic rings. The summed E-state index contributed by atoms with van der Waals surface area (Å²) in [6.07, 6.45) is -4.35. The molecule has 0 radical (unpaired) electrons. The van der Waals surface area contributed by atoms with E-state index in [2.05, 4.69) is 10.1 Å². The van der Waals surface area contributed by atoms with Crippen LogP contribution in [0.3, 0.4) is 0 Å². The predicted molar refractivity (Wildman–Crippen MR) is 79.7 cm³/mol. The molecule has 0 atom stereocenters. The highest BCUT2D eigenvalue weighted by atomic mass is 19.4. The molecule has 0 aliphatic heterocycles. The Morgan fingerprint density at radius 2 is 1.62 bits per heavy atom. The van der Waals surface area contributed by atoms with Gasteiger partial charge in [0.25, 0.3) is 5.91 Å². The Labute approximate surface area is 136 Å². The quantitative estimate of drug-likeness (QED) is 0.811. The van der Waals surface area contributed by atoms with E-state index in [0.717, 1.165) is 5.56 Å². The van der Waals surface area contributed by atoms with Crippen LogP contribution in [0.4, 0.5) is 17.6 Å². The number of carbonyl (C=O) groups is 1. The number of amides is 1. The van der Waals surface area contributed by atoms with Gasteiger partial charge >= 0.3 is 6.18 Å². The van der Waals surface area contributed by atoms with Crippen LogP contribution >= 0.6 is 0 Å². The Morgan fingerprint density at radius 3 is 2.25 bits per heavy atom. The third-order valence-electron chi connectivity index (χ3n) is 3.13. The van der Waals surface area contributed by atoms with Crippen molar-refractivity contribution in [2.45, 2.75) is 19.3 Å². The summed E-state index contributed by atoms with van der Waals surface area (Å²) in [4.78, 5) is 11.9. The second-order valence-corrected chi connectivity index (χ2v) is 5.09. The van der Waals surface area contributed by atoms with Crippen LogP contribution in [0.15, 0.2) is 48.5 Å². The molecule has 1 N–H and O–H groups in total. The van der Waals surface area contributed by atoms with Gasteiger partial charge in [-0.3, -0.25) is 4.79 Å². The molecule has 2 aromatic rings. The maximum Gasteiger partial charge on any atom is 0.411 e. The number of rotatable bonds is 6. The van der Waals surface area contributed by atoms with E-state index in [1.165, 1.54) is 18.2 Å². The van der Waals surface area contributed by atoms with Gasteiger partial charge in [-0.2, -0.15) is 13.2 Å². The second-order valence-electron chi connectivity index (χ2n) is 5.09. The number of hydrogen-bond donors (Lipinski definition) is 1. The minimum atomic E-state index is -4.35. The SMILES string of the molecule is O=C(NCc1ccc(COCC(F)(F)F)cc1)c1ccccc1F. The second kappa shape index (κ2) is 7.92. The van der Waals surface area contributed by atoms with Gasteiger partial charge < -0.3 is 10.1 Å². The van der Waals surface area contributed by atoms with E-state index < -0.39 is 24.5 Å². The number of alkyl halides is 3. The fourth-order valence-corrected chi connectivity index (χ4v) is 1.96. The molecule has 1 amide bonds. The third-order valence-corrected chi connectivity index (χ3v) is 3.13. The maximum atomic E-state index is 13.5. The largest absolute Gasteiger partial charge is 0.411 e. The molecule has 0 fully saturated rings. The molecular formula is C17H15F4NO2. The topological polar surface area (TPSA) is 38.3 Å². The average molecular weight is 341 g/mol. The first-order chi connectivity index (χ1) is 11.3. The Hall–Kier alpha value is -2.41. The van der Waals surface area contributed by atoms with Gasteiger partial charge in [-0.15, -0.1) is 0 Å². The van der Waals surface area contributed by atoms with Gasteiger partial charge in [0.05, 0.1) is 12.2 Å². The number of ether oxygens (including phenoxy) is 1. The summed E-state index contributed by atoms with van der Waals surface area (Å²) in [5.74, 6) is -1.14. The fourth-order valence-electron chi connectivity index (χ4n) is 1.96. The molecule has 2 rings (SSSR count). The molecule has 128 valence electrons. The van der Waals surface area contributed by atoms with Crippen molar-refractivity contribution < 1.29 is 27.1 Å². The minimum absolute atomic E-state index is 0.0466. The highest BCUT2D eigenvalue weighted by molar-refractivity contribution is 5.94. The Balaban J connectivity index is 1.84.